The van der Waals surface area contributed by atoms with Crippen LogP contribution >= 0.6 is 0 Å². The van der Waals surface area contributed by atoms with Crippen molar-refractivity contribution in [3.63, 3.8) is 0 Å². The molecule has 2 rings (SSSR count). The maximum Gasteiger partial charge on any atom is 0.311 e. The molecule has 0 amide bonds. The third-order valence-electron chi connectivity index (χ3n) is 9.53. The molecule has 236 valence electrons. The standard InChI is InChI=1S/C35H66O5/c1-2-3-4-5-6-7-8-9-10-11-12-13-14-15-22-27-33(34(40-37)30-31-23-18-16-19-24-31)35(36)39-29-28-38-32-25-20-17-21-26-32/h31-34,37H,2-30H2,1H3. The van der Waals surface area contributed by atoms with E-state index in [0.717, 1.165) is 38.5 Å². The van der Waals surface area contributed by atoms with E-state index in [2.05, 4.69) is 6.92 Å². The highest BCUT2D eigenvalue weighted by atomic mass is 17.1. The van der Waals surface area contributed by atoms with E-state index in [9.17, 15) is 10.1 Å². The first-order valence-electron chi connectivity index (χ1n) is 17.8. The van der Waals surface area contributed by atoms with Crippen LogP contribution in [0.4, 0.5) is 0 Å². The Morgan fingerprint density at radius 1 is 0.675 bits per heavy atom. The lowest BCUT2D eigenvalue weighted by Crippen LogP contribution is -2.34. The molecule has 5 heteroatoms. The first kappa shape index (κ1) is 35.5. The van der Waals surface area contributed by atoms with Crippen LogP contribution in [-0.4, -0.2) is 36.6 Å². The maximum absolute atomic E-state index is 13.1. The van der Waals surface area contributed by atoms with Gasteiger partial charge in [-0.05, 0) is 31.6 Å². The second-order valence-corrected chi connectivity index (χ2v) is 13.0. The van der Waals surface area contributed by atoms with E-state index in [1.54, 1.807) is 0 Å². The lowest BCUT2D eigenvalue weighted by Gasteiger charge is -2.29. The average Bonchev–Trinajstić information content (AvgIpc) is 2.99. The van der Waals surface area contributed by atoms with Crippen LogP contribution in [0.25, 0.3) is 0 Å². The Balaban J connectivity index is 1.61. The number of esters is 1. The number of unbranched alkanes of at least 4 members (excludes halogenated alkanes) is 14. The minimum Gasteiger partial charge on any atom is -0.463 e. The molecule has 2 saturated carbocycles. The molecule has 0 aromatic rings. The van der Waals surface area contributed by atoms with Crippen LogP contribution in [0.15, 0.2) is 0 Å². The van der Waals surface area contributed by atoms with Gasteiger partial charge in [0, 0.05) is 0 Å². The fourth-order valence-corrected chi connectivity index (χ4v) is 6.92. The summed E-state index contributed by atoms with van der Waals surface area (Å²) in [6.07, 6.45) is 33.4. The van der Waals surface area contributed by atoms with Gasteiger partial charge in [-0.25, -0.2) is 4.89 Å². The number of hydrogen-bond acceptors (Lipinski definition) is 5. The predicted molar refractivity (Wildman–Crippen MR) is 166 cm³/mol. The van der Waals surface area contributed by atoms with Gasteiger partial charge in [0.2, 0.25) is 0 Å². The number of ether oxygens (including phenoxy) is 2. The quantitative estimate of drug-likeness (QED) is 0.0515. The Hall–Kier alpha value is -0.650. The SMILES string of the molecule is CCCCCCCCCCCCCCCCCC(C(=O)OCCOC1CCCCC1)C(CC1CCCCC1)OO. The minimum atomic E-state index is -0.457. The number of rotatable bonds is 25. The Labute approximate surface area is 247 Å². The summed E-state index contributed by atoms with van der Waals surface area (Å²) in [7, 11) is 0. The van der Waals surface area contributed by atoms with E-state index in [-0.39, 0.29) is 11.9 Å². The van der Waals surface area contributed by atoms with Crippen LogP contribution in [0.5, 0.6) is 0 Å². The van der Waals surface area contributed by atoms with Gasteiger partial charge in [-0.15, -0.1) is 0 Å². The molecule has 0 saturated heterocycles. The first-order valence-corrected chi connectivity index (χ1v) is 17.8. The summed E-state index contributed by atoms with van der Waals surface area (Å²) >= 11 is 0. The first-order chi connectivity index (χ1) is 19.7. The van der Waals surface area contributed by atoms with Crippen molar-refractivity contribution in [2.24, 2.45) is 11.8 Å². The van der Waals surface area contributed by atoms with Crippen molar-refractivity contribution in [3.8, 4) is 0 Å². The lowest BCUT2D eigenvalue weighted by atomic mass is 9.81. The van der Waals surface area contributed by atoms with Crippen molar-refractivity contribution in [3.05, 3.63) is 0 Å². The fourth-order valence-electron chi connectivity index (χ4n) is 6.92. The van der Waals surface area contributed by atoms with Crippen LogP contribution < -0.4 is 0 Å². The molecular weight excluding hydrogens is 500 g/mol. The van der Waals surface area contributed by atoms with Gasteiger partial charge in [-0.3, -0.25) is 10.1 Å². The van der Waals surface area contributed by atoms with Crippen molar-refractivity contribution in [2.45, 2.75) is 192 Å². The summed E-state index contributed by atoms with van der Waals surface area (Å²) in [6.45, 7) is 3.05. The molecular formula is C35H66O5. The molecule has 0 aromatic carbocycles. The van der Waals surface area contributed by atoms with Crippen LogP contribution in [0.1, 0.15) is 180 Å². The molecule has 2 aliphatic carbocycles. The minimum absolute atomic E-state index is 0.215. The van der Waals surface area contributed by atoms with Gasteiger partial charge in [-0.2, -0.15) is 0 Å². The smallest absolute Gasteiger partial charge is 0.311 e. The highest BCUT2D eigenvalue weighted by molar-refractivity contribution is 5.73. The van der Waals surface area contributed by atoms with E-state index in [4.69, 9.17) is 14.4 Å². The van der Waals surface area contributed by atoms with Crippen LogP contribution in [-0.2, 0) is 19.2 Å². The zero-order valence-corrected chi connectivity index (χ0v) is 26.4. The molecule has 0 aromatic heterocycles. The van der Waals surface area contributed by atoms with Crippen molar-refractivity contribution < 1.29 is 24.4 Å². The molecule has 2 aliphatic rings. The van der Waals surface area contributed by atoms with Crippen molar-refractivity contribution >= 4 is 5.97 Å². The van der Waals surface area contributed by atoms with Gasteiger partial charge in [0.15, 0.2) is 0 Å². The normalized spacial score (nSPS) is 18.6. The highest BCUT2D eigenvalue weighted by Crippen LogP contribution is 2.32. The van der Waals surface area contributed by atoms with Gasteiger partial charge in [-0.1, -0.05) is 155 Å². The molecule has 2 unspecified atom stereocenters. The van der Waals surface area contributed by atoms with Crippen LogP contribution in [0, 0.1) is 11.8 Å². The molecule has 2 fully saturated rings. The van der Waals surface area contributed by atoms with Gasteiger partial charge < -0.3 is 9.47 Å². The van der Waals surface area contributed by atoms with E-state index in [0.29, 0.717) is 25.2 Å². The molecule has 0 heterocycles. The average molecular weight is 567 g/mol. The largest absolute Gasteiger partial charge is 0.463 e. The molecule has 0 spiro atoms. The predicted octanol–water partition coefficient (Wildman–Crippen LogP) is 10.6. The van der Waals surface area contributed by atoms with E-state index in [1.807, 2.05) is 0 Å². The molecule has 2 atom stereocenters. The lowest BCUT2D eigenvalue weighted by molar-refractivity contribution is -0.294. The topological polar surface area (TPSA) is 65.0 Å². The highest BCUT2D eigenvalue weighted by Gasteiger charge is 2.33. The fraction of sp³-hybridized carbons (Fsp3) is 0.971. The summed E-state index contributed by atoms with van der Waals surface area (Å²) in [5, 5.41) is 9.81. The van der Waals surface area contributed by atoms with Crippen molar-refractivity contribution in [1.82, 2.24) is 0 Å². The Morgan fingerprint density at radius 3 is 1.70 bits per heavy atom. The number of carbonyl (C=O) groups excluding carboxylic acids is 1. The van der Waals surface area contributed by atoms with Crippen LogP contribution in [0.2, 0.25) is 0 Å². The van der Waals surface area contributed by atoms with Crippen molar-refractivity contribution in [1.29, 1.82) is 0 Å². The van der Waals surface area contributed by atoms with Gasteiger partial charge in [0.25, 0.3) is 0 Å². The zero-order valence-electron chi connectivity index (χ0n) is 26.4. The molecule has 5 nitrogen and oxygen atoms in total. The summed E-state index contributed by atoms with van der Waals surface area (Å²) in [5.74, 6) is -0.0621. The third kappa shape index (κ3) is 17.3. The third-order valence-corrected chi connectivity index (χ3v) is 9.53. The number of carbonyl (C=O) groups is 1. The summed E-state index contributed by atoms with van der Waals surface area (Å²) in [5.41, 5.74) is 0. The van der Waals surface area contributed by atoms with E-state index < -0.39 is 6.10 Å². The Morgan fingerprint density at radius 2 is 1.18 bits per heavy atom. The monoisotopic (exact) mass is 566 g/mol. The number of hydrogen-bond donors (Lipinski definition) is 1. The molecule has 0 bridgehead atoms. The molecule has 0 aliphatic heterocycles. The second kappa shape index (κ2) is 24.9. The summed E-state index contributed by atoms with van der Waals surface area (Å²) in [6, 6.07) is 0. The van der Waals surface area contributed by atoms with Crippen molar-refractivity contribution in [2.75, 3.05) is 13.2 Å². The molecule has 1 N–H and O–H groups in total. The summed E-state index contributed by atoms with van der Waals surface area (Å²) in [4.78, 5) is 18.1. The summed E-state index contributed by atoms with van der Waals surface area (Å²) < 4.78 is 11.6. The maximum atomic E-state index is 13.1. The van der Waals surface area contributed by atoms with Gasteiger partial charge >= 0.3 is 5.97 Å². The van der Waals surface area contributed by atoms with E-state index >= 15 is 0 Å². The van der Waals surface area contributed by atoms with Gasteiger partial charge in [0.1, 0.15) is 12.7 Å². The van der Waals surface area contributed by atoms with Gasteiger partial charge in [0.05, 0.1) is 18.6 Å². The molecule has 0 radical (unpaired) electrons. The van der Waals surface area contributed by atoms with E-state index in [1.165, 1.54) is 135 Å². The zero-order chi connectivity index (χ0) is 28.5. The Bertz CT molecular complexity index is 570. The van der Waals surface area contributed by atoms with Crippen LogP contribution in [0.3, 0.4) is 0 Å². The molecule has 40 heavy (non-hydrogen) atoms. The Kier molecular flexibility index (Phi) is 22.1. The second-order valence-electron chi connectivity index (χ2n) is 13.0.